The molecular formula is C30H37N3O7. The van der Waals surface area contributed by atoms with Gasteiger partial charge in [0.1, 0.15) is 18.8 Å². The van der Waals surface area contributed by atoms with Crippen molar-refractivity contribution < 1.29 is 33.8 Å². The van der Waals surface area contributed by atoms with Crippen LogP contribution in [-0.2, 0) is 37.0 Å². The maximum absolute atomic E-state index is 13.2. The predicted molar refractivity (Wildman–Crippen MR) is 148 cm³/mol. The van der Waals surface area contributed by atoms with E-state index in [1.807, 2.05) is 60.7 Å². The Morgan fingerprint density at radius 1 is 1.02 bits per heavy atom. The molecule has 3 rings (SSSR count). The first kappa shape index (κ1) is 30.4. The van der Waals surface area contributed by atoms with Crippen molar-refractivity contribution in [3.05, 3.63) is 83.9 Å². The second-order valence-electron chi connectivity index (χ2n) is 9.62. The highest BCUT2D eigenvalue weighted by Crippen LogP contribution is 2.16. The first-order valence-electron chi connectivity index (χ1n) is 13.4. The molecule has 3 N–H and O–H groups in total. The van der Waals surface area contributed by atoms with Gasteiger partial charge in [-0.2, -0.15) is 0 Å². The third-order valence-electron chi connectivity index (χ3n) is 6.36. The topological polar surface area (TPSA) is 134 Å². The molecule has 2 aromatic carbocycles. The number of hydrogen-bond acceptors (Lipinski definition) is 7. The van der Waals surface area contributed by atoms with E-state index in [0.717, 1.165) is 11.1 Å². The Morgan fingerprint density at radius 2 is 1.68 bits per heavy atom. The number of esters is 1. The van der Waals surface area contributed by atoms with Gasteiger partial charge in [-0.3, -0.25) is 9.59 Å². The summed E-state index contributed by atoms with van der Waals surface area (Å²) >= 11 is 0. The lowest BCUT2D eigenvalue weighted by molar-refractivity contribution is -0.151. The Bertz CT molecular complexity index is 1140. The lowest BCUT2D eigenvalue weighted by Gasteiger charge is -2.25. The zero-order valence-corrected chi connectivity index (χ0v) is 22.7. The van der Waals surface area contributed by atoms with E-state index in [1.165, 1.54) is 4.90 Å². The number of carbonyl (C=O) groups excluding carboxylic acids is 4. The highest BCUT2D eigenvalue weighted by Gasteiger charge is 2.27. The fourth-order valence-electron chi connectivity index (χ4n) is 4.16. The summed E-state index contributed by atoms with van der Waals surface area (Å²) in [5, 5.41) is 14.8. The second-order valence-corrected chi connectivity index (χ2v) is 9.62. The second kappa shape index (κ2) is 16.0. The van der Waals surface area contributed by atoms with Gasteiger partial charge in [0.05, 0.1) is 19.1 Å². The first-order valence-corrected chi connectivity index (χ1v) is 13.4. The zero-order valence-electron chi connectivity index (χ0n) is 22.7. The number of ether oxygens (including phenoxy) is 2. The number of nitrogens with zero attached hydrogens (tertiary/aromatic N) is 1. The summed E-state index contributed by atoms with van der Waals surface area (Å²) in [6.45, 7) is 2.02. The van der Waals surface area contributed by atoms with Crippen LogP contribution >= 0.6 is 0 Å². The van der Waals surface area contributed by atoms with Crippen molar-refractivity contribution in [3.8, 4) is 0 Å². The lowest BCUT2D eigenvalue weighted by Crippen LogP contribution is -2.45. The minimum Gasteiger partial charge on any atom is -0.459 e. The first-order chi connectivity index (χ1) is 19.4. The Kier molecular flexibility index (Phi) is 12.2. The highest BCUT2D eigenvalue weighted by atomic mass is 16.6. The minimum absolute atomic E-state index is 0.0501. The SMILES string of the molecule is CC1CNC(=O)C(CC(=O)N(CCO)Cc2ccccc2)CC=CCC(NC(=O)OCc2ccccc2)C(=O)O1. The third-order valence-corrected chi connectivity index (χ3v) is 6.36. The van der Waals surface area contributed by atoms with E-state index in [2.05, 4.69) is 10.6 Å². The van der Waals surface area contributed by atoms with Crippen LogP contribution in [0.4, 0.5) is 4.79 Å². The summed E-state index contributed by atoms with van der Waals surface area (Å²) in [5.74, 6) is -1.88. The molecule has 3 unspecified atom stereocenters. The van der Waals surface area contributed by atoms with Crippen LogP contribution in [0, 0.1) is 5.92 Å². The van der Waals surface area contributed by atoms with Crippen LogP contribution in [0.3, 0.4) is 0 Å². The molecule has 2 aromatic rings. The average molecular weight is 552 g/mol. The number of alkyl carbamates (subject to hydrolysis) is 1. The quantitative estimate of drug-likeness (QED) is 0.322. The molecule has 0 spiro atoms. The van der Waals surface area contributed by atoms with Gasteiger partial charge in [0.2, 0.25) is 11.8 Å². The number of aliphatic hydroxyl groups is 1. The molecule has 40 heavy (non-hydrogen) atoms. The van der Waals surface area contributed by atoms with Crippen LogP contribution < -0.4 is 10.6 Å². The van der Waals surface area contributed by atoms with Crippen molar-refractivity contribution in [3.63, 3.8) is 0 Å². The van der Waals surface area contributed by atoms with Gasteiger partial charge in [0, 0.05) is 19.5 Å². The summed E-state index contributed by atoms with van der Waals surface area (Å²) < 4.78 is 10.7. The molecular weight excluding hydrogens is 514 g/mol. The molecule has 0 aromatic heterocycles. The maximum Gasteiger partial charge on any atom is 0.408 e. The summed E-state index contributed by atoms with van der Waals surface area (Å²) in [4.78, 5) is 52.7. The van der Waals surface area contributed by atoms with Crippen LogP contribution in [0.2, 0.25) is 0 Å². The Labute approximate surface area is 234 Å². The molecule has 3 atom stereocenters. The molecule has 0 fully saturated rings. The Hall–Kier alpha value is -4.18. The predicted octanol–water partition coefficient (Wildman–Crippen LogP) is 2.71. The van der Waals surface area contributed by atoms with E-state index in [1.54, 1.807) is 19.1 Å². The van der Waals surface area contributed by atoms with Crippen molar-refractivity contribution >= 4 is 23.9 Å². The number of rotatable bonds is 9. The van der Waals surface area contributed by atoms with Crippen LogP contribution in [-0.4, -0.2) is 65.7 Å². The number of amides is 3. The molecule has 1 aliphatic rings. The van der Waals surface area contributed by atoms with Crippen molar-refractivity contribution in [2.75, 3.05) is 19.7 Å². The molecule has 0 saturated heterocycles. The molecule has 0 radical (unpaired) electrons. The number of hydrogen-bond donors (Lipinski definition) is 3. The smallest absolute Gasteiger partial charge is 0.408 e. The van der Waals surface area contributed by atoms with Crippen LogP contribution in [0.25, 0.3) is 0 Å². The number of cyclic esters (lactones) is 1. The van der Waals surface area contributed by atoms with E-state index >= 15 is 0 Å². The van der Waals surface area contributed by atoms with Gasteiger partial charge in [0.15, 0.2) is 0 Å². The average Bonchev–Trinajstić information content (AvgIpc) is 2.96. The zero-order chi connectivity index (χ0) is 28.7. The van der Waals surface area contributed by atoms with Gasteiger partial charge in [-0.25, -0.2) is 9.59 Å². The van der Waals surface area contributed by atoms with E-state index in [4.69, 9.17) is 9.47 Å². The normalized spacial score (nSPS) is 19.8. The van der Waals surface area contributed by atoms with Crippen LogP contribution in [0.1, 0.15) is 37.3 Å². The third kappa shape index (κ3) is 10.2. The van der Waals surface area contributed by atoms with E-state index in [0.29, 0.717) is 6.54 Å². The van der Waals surface area contributed by atoms with Gasteiger partial charge in [-0.15, -0.1) is 0 Å². The number of aliphatic hydroxyl groups excluding tert-OH is 1. The van der Waals surface area contributed by atoms with E-state index in [9.17, 15) is 24.3 Å². The number of nitrogens with one attached hydrogen (secondary N) is 2. The van der Waals surface area contributed by atoms with Crippen LogP contribution in [0.5, 0.6) is 0 Å². The van der Waals surface area contributed by atoms with Gasteiger partial charge in [0.25, 0.3) is 0 Å². The van der Waals surface area contributed by atoms with Gasteiger partial charge >= 0.3 is 12.1 Å². The fraction of sp³-hybridized carbons (Fsp3) is 0.400. The van der Waals surface area contributed by atoms with Crippen LogP contribution in [0.15, 0.2) is 72.8 Å². The molecule has 214 valence electrons. The van der Waals surface area contributed by atoms with E-state index < -0.39 is 30.1 Å². The minimum atomic E-state index is -0.983. The molecule has 0 aliphatic carbocycles. The van der Waals surface area contributed by atoms with Gasteiger partial charge < -0.3 is 30.1 Å². The monoisotopic (exact) mass is 551 g/mol. The molecule has 0 saturated carbocycles. The largest absolute Gasteiger partial charge is 0.459 e. The number of benzene rings is 2. The van der Waals surface area contributed by atoms with Crippen molar-refractivity contribution in [2.45, 2.75) is 51.5 Å². The number of carbonyl (C=O) groups is 4. The lowest BCUT2D eigenvalue weighted by atomic mass is 9.98. The van der Waals surface area contributed by atoms with Gasteiger partial charge in [-0.1, -0.05) is 72.8 Å². The maximum atomic E-state index is 13.2. The Balaban J connectivity index is 1.63. The molecule has 3 amide bonds. The molecule has 0 bridgehead atoms. The molecule has 10 heteroatoms. The Morgan fingerprint density at radius 3 is 2.35 bits per heavy atom. The van der Waals surface area contributed by atoms with Crippen molar-refractivity contribution in [2.24, 2.45) is 5.92 Å². The molecule has 1 heterocycles. The highest BCUT2D eigenvalue weighted by molar-refractivity contribution is 5.86. The van der Waals surface area contributed by atoms with E-state index in [-0.39, 0.29) is 57.4 Å². The molecule has 1 aliphatic heterocycles. The van der Waals surface area contributed by atoms with Gasteiger partial charge in [-0.05, 0) is 30.9 Å². The number of allylic oxidation sites excluding steroid dienone is 1. The van der Waals surface area contributed by atoms with Crippen molar-refractivity contribution in [1.82, 2.24) is 15.5 Å². The molecule has 10 nitrogen and oxygen atoms in total. The standard InChI is InChI=1S/C30H37N3O7/c1-22-19-31-28(36)25(18-27(35)33(16-17-34)20-23-10-4-2-5-11-23)14-8-9-15-26(29(37)40-22)32-30(38)39-21-24-12-6-3-7-13-24/h2-13,22,25-26,34H,14-21H2,1H3,(H,31,36)(H,32,38). The fourth-order valence-corrected chi connectivity index (χ4v) is 4.16. The summed E-state index contributed by atoms with van der Waals surface area (Å²) in [6, 6.07) is 17.6. The summed E-state index contributed by atoms with van der Waals surface area (Å²) in [5.41, 5.74) is 1.73. The summed E-state index contributed by atoms with van der Waals surface area (Å²) in [6.07, 6.45) is 2.31. The van der Waals surface area contributed by atoms with Crippen molar-refractivity contribution in [1.29, 1.82) is 0 Å². The summed E-state index contributed by atoms with van der Waals surface area (Å²) in [7, 11) is 0.